The van der Waals surface area contributed by atoms with Crippen LogP contribution in [0.5, 0.6) is 0 Å². The maximum absolute atomic E-state index is 12.8. The van der Waals surface area contributed by atoms with E-state index in [0.29, 0.717) is 5.57 Å². The van der Waals surface area contributed by atoms with Crippen molar-refractivity contribution < 1.29 is 47.4 Å². The number of furan rings is 1. The molecular weight excluding hydrogens is 542 g/mol. The summed E-state index contributed by atoms with van der Waals surface area (Å²) in [5.41, 5.74) is 5.89. The zero-order valence-electron chi connectivity index (χ0n) is 18.8. The Bertz CT molecular complexity index is 1220. The lowest BCUT2D eigenvalue weighted by atomic mass is 10.0. The number of hydrogen-bond acceptors (Lipinski definition) is 12. The highest BCUT2D eigenvalue weighted by molar-refractivity contribution is 8.14. The molecule has 2 aliphatic rings. The molecule has 1 saturated heterocycles. The number of rotatable bonds is 8. The second-order valence-corrected chi connectivity index (χ2v) is 9.81. The first-order chi connectivity index (χ1) is 16.3. The second kappa shape index (κ2) is 11.2. The van der Waals surface area contributed by atoms with E-state index in [4.69, 9.17) is 15.0 Å². The van der Waals surface area contributed by atoms with Gasteiger partial charge in [0.2, 0.25) is 0 Å². The number of nitrogen functional groups attached to an aromatic ring is 1. The van der Waals surface area contributed by atoms with Crippen LogP contribution in [-0.4, -0.2) is 73.6 Å². The van der Waals surface area contributed by atoms with Gasteiger partial charge in [-0.2, -0.15) is 0 Å². The number of thiazole rings is 1. The largest absolute Gasteiger partial charge is 1.00 e. The van der Waals surface area contributed by atoms with Crippen molar-refractivity contribution in [3.05, 3.63) is 46.5 Å². The van der Waals surface area contributed by atoms with Crippen LogP contribution in [0.25, 0.3) is 0 Å². The number of carbonyl (C=O) groups excluding carboxylic acids is 3. The van der Waals surface area contributed by atoms with Crippen LogP contribution in [-0.2, 0) is 19.2 Å². The third kappa shape index (κ3) is 5.32. The number of oxime groups is 1. The Hall–Kier alpha value is -3.01. The van der Waals surface area contributed by atoms with Gasteiger partial charge in [-0.05, 0) is 17.7 Å². The molecule has 0 aliphatic carbocycles. The van der Waals surface area contributed by atoms with Crippen LogP contribution < -0.4 is 23.5 Å². The summed E-state index contributed by atoms with van der Waals surface area (Å²) in [5, 5.41) is 16.8. The van der Waals surface area contributed by atoms with E-state index in [1.165, 1.54) is 36.6 Å². The van der Waals surface area contributed by atoms with Gasteiger partial charge in [0, 0.05) is 16.9 Å². The fourth-order valence-electron chi connectivity index (χ4n) is 3.31. The normalized spacial score (nSPS) is 19.4. The Morgan fingerprint density at radius 2 is 2.26 bits per heavy atom. The molecule has 0 spiro atoms. The van der Waals surface area contributed by atoms with E-state index >= 15 is 0 Å². The molecule has 186 valence electrons. The van der Waals surface area contributed by atoms with Crippen molar-refractivity contribution in [3.63, 3.8) is 0 Å². The van der Waals surface area contributed by atoms with Crippen molar-refractivity contribution in [2.45, 2.75) is 11.4 Å². The van der Waals surface area contributed by atoms with Crippen molar-refractivity contribution in [2.24, 2.45) is 5.16 Å². The summed E-state index contributed by atoms with van der Waals surface area (Å²) in [6.07, 6.45) is 1.37. The zero-order valence-corrected chi connectivity index (χ0v) is 21.0. The number of nitrogens with zero attached hydrogens (tertiary/aromatic N) is 3. The Kier molecular flexibility index (Phi) is 8.47. The van der Waals surface area contributed by atoms with Gasteiger partial charge in [0.15, 0.2) is 16.6 Å². The number of hydrogen-bond donors (Lipinski definition) is 3. The Morgan fingerprint density at radius 1 is 1.49 bits per heavy atom. The van der Waals surface area contributed by atoms with Crippen molar-refractivity contribution >= 4 is 68.6 Å². The average molecular weight is 560 g/mol. The van der Waals surface area contributed by atoms with E-state index in [9.17, 15) is 24.3 Å². The number of aliphatic carboxylic acids is 1. The lowest BCUT2D eigenvalue weighted by Gasteiger charge is -2.49. The van der Waals surface area contributed by atoms with Gasteiger partial charge in [0.05, 0.1) is 6.26 Å². The van der Waals surface area contributed by atoms with Crippen LogP contribution in [0.15, 0.2) is 44.6 Å². The number of fused-ring (bicyclic) bond motifs is 1. The molecule has 2 aromatic heterocycles. The Labute approximate surface area is 218 Å². The van der Waals surface area contributed by atoms with Gasteiger partial charge in [-0.15, -0.1) is 23.1 Å². The minimum absolute atomic E-state index is 0. The van der Waals surface area contributed by atoms with Crippen LogP contribution in [0.3, 0.4) is 0 Å². The molecule has 16 heteroatoms. The van der Waals surface area contributed by atoms with Crippen molar-refractivity contribution in [1.82, 2.24) is 15.2 Å². The van der Waals surface area contributed by atoms with E-state index in [0.717, 1.165) is 28.0 Å². The minimum atomic E-state index is -1.29. The highest BCUT2D eigenvalue weighted by Gasteiger charge is 2.54. The van der Waals surface area contributed by atoms with Crippen molar-refractivity contribution in [3.8, 4) is 0 Å². The first kappa shape index (κ1) is 26.6. The summed E-state index contributed by atoms with van der Waals surface area (Å²) in [7, 11) is 1.26. The summed E-state index contributed by atoms with van der Waals surface area (Å²) >= 11 is 3.29. The maximum Gasteiger partial charge on any atom is 1.00 e. The van der Waals surface area contributed by atoms with Crippen LogP contribution in [0.2, 0.25) is 0 Å². The molecule has 0 radical (unpaired) electrons. The summed E-state index contributed by atoms with van der Waals surface area (Å²) in [4.78, 5) is 59.6. The van der Waals surface area contributed by atoms with Gasteiger partial charge in [-0.1, -0.05) is 16.9 Å². The molecule has 0 aromatic carbocycles. The summed E-state index contributed by atoms with van der Waals surface area (Å²) in [6.45, 7) is 0. The molecule has 1 fully saturated rings. The van der Waals surface area contributed by atoms with Crippen LogP contribution in [0, 0.1) is 0 Å². The maximum atomic E-state index is 12.8. The van der Waals surface area contributed by atoms with E-state index < -0.39 is 29.2 Å². The number of anilines is 1. The minimum Gasteiger partial charge on any atom is -1.00 e. The van der Waals surface area contributed by atoms with Gasteiger partial charge in [-0.25, -0.2) is 9.78 Å². The van der Waals surface area contributed by atoms with Crippen LogP contribution >= 0.6 is 34.9 Å². The molecule has 2 unspecified atom stereocenters. The molecule has 2 aromatic rings. The molecule has 4 heterocycles. The molecular formula is C19H18ClN5O7S3. The topological polar surface area (TPSA) is 177 Å². The number of carboxylic acids is 1. The SMILES string of the molecule is CON=C(C(=O)NC1C(=O)N2C(C(=O)O)=C(CSC(=O)c3ccco3)CSC12)c1csc(N)n1.[Cl-].[H+]. The smallest absolute Gasteiger partial charge is 1.00 e. The number of carboxylic acid groups (broad SMARTS) is 1. The van der Waals surface area contributed by atoms with Crippen molar-refractivity contribution in [1.29, 1.82) is 0 Å². The first-order valence-corrected chi connectivity index (χ1v) is 12.5. The number of nitrogens with one attached hydrogen (secondary N) is 1. The molecule has 12 nitrogen and oxygen atoms in total. The quantitative estimate of drug-likeness (QED) is 0.187. The van der Waals surface area contributed by atoms with Crippen LogP contribution in [0.1, 0.15) is 17.7 Å². The molecule has 2 aliphatic heterocycles. The highest BCUT2D eigenvalue weighted by atomic mass is 35.5. The average Bonchev–Trinajstić information content (AvgIpc) is 3.50. The molecule has 4 N–H and O–H groups in total. The summed E-state index contributed by atoms with van der Waals surface area (Å²) in [5.74, 6) is -2.08. The lowest BCUT2D eigenvalue weighted by molar-refractivity contribution is -0.150. The summed E-state index contributed by atoms with van der Waals surface area (Å²) in [6, 6.07) is 2.13. The Balaban J connectivity index is 0.00000228. The molecule has 0 saturated carbocycles. The van der Waals surface area contributed by atoms with Gasteiger partial charge >= 0.3 is 7.40 Å². The standard InChI is InChI=1S/C19H17N5O7S3.ClH/c1-30-23-11(9-7-34-19(20)21-9)14(25)22-12-15(26)24-13(17(27)28)8(5-32-16(12)24)6-33-18(29)10-3-2-4-31-10;/h2-4,7,12,16H,5-6H2,1H3,(H2,20,21)(H,22,25)(H,27,28);1H. The van der Waals surface area contributed by atoms with E-state index in [1.54, 1.807) is 6.07 Å². The fourth-order valence-corrected chi connectivity index (χ4v) is 6.14. The zero-order chi connectivity index (χ0) is 24.4. The Morgan fingerprint density at radius 3 is 2.86 bits per heavy atom. The third-order valence-electron chi connectivity index (χ3n) is 4.80. The van der Waals surface area contributed by atoms with Crippen LogP contribution in [0.4, 0.5) is 5.13 Å². The first-order valence-electron chi connectivity index (χ1n) is 9.55. The number of carbonyl (C=O) groups is 4. The number of thioether (sulfide) groups is 2. The number of aromatic nitrogens is 1. The lowest BCUT2D eigenvalue weighted by Crippen LogP contribution is -3.00. The molecule has 4 rings (SSSR count). The number of nitrogens with two attached hydrogens (primary N) is 1. The molecule has 2 atom stereocenters. The van der Waals surface area contributed by atoms with Crippen molar-refractivity contribution in [2.75, 3.05) is 24.3 Å². The van der Waals surface area contributed by atoms with Gasteiger partial charge < -0.3 is 37.8 Å². The monoisotopic (exact) mass is 559 g/mol. The molecule has 0 bridgehead atoms. The van der Waals surface area contributed by atoms with E-state index in [1.807, 2.05) is 0 Å². The van der Waals surface area contributed by atoms with E-state index in [-0.39, 0.29) is 58.4 Å². The number of amides is 2. The highest BCUT2D eigenvalue weighted by Crippen LogP contribution is 2.41. The second-order valence-electron chi connectivity index (χ2n) is 6.87. The van der Waals surface area contributed by atoms with E-state index in [2.05, 4.69) is 15.5 Å². The molecule has 2 amide bonds. The predicted octanol–water partition coefficient (Wildman–Crippen LogP) is -1.90. The predicted molar refractivity (Wildman–Crippen MR) is 126 cm³/mol. The van der Waals surface area contributed by atoms with Gasteiger partial charge in [0.1, 0.15) is 29.9 Å². The van der Waals surface area contributed by atoms with Gasteiger partial charge in [0.25, 0.3) is 16.9 Å². The third-order valence-corrected chi connectivity index (χ3v) is 7.77. The summed E-state index contributed by atoms with van der Waals surface area (Å²) < 4.78 is 5.05. The molecule has 35 heavy (non-hydrogen) atoms. The van der Waals surface area contributed by atoms with Gasteiger partial charge in [-0.3, -0.25) is 19.3 Å². The number of halogens is 1. The fraction of sp³-hybridized carbons (Fsp3) is 0.263. The number of β-lactam (4-membered cyclic amide) rings is 1.